The van der Waals surface area contributed by atoms with Crippen LogP contribution in [0, 0.1) is 5.92 Å². The number of hydrogen-bond acceptors (Lipinski definition) is 3. The summed E-state index contributed by atoms with van der Waals surface area (Å²) in [6.07, 6.45) is 4.02. The molecule has 1 N–H and O–H groups in total. The Balaban J connectivity index is 1.86. The highest BCUT2D eigenvalue weighted by Crippen LogP contribution is 2.23. The van der Waals surface area contributed by atoms with E-state index >= 15 is 0 Å². The van der Waals surface area contributed by atoms with Gasteiger partial charge in [-0.3, -0.25) is 9.88 Å². The fourth-order valence-corrected chi connectivity index (χ4v) is 2.46. The van der Waals surface area contributed by atoms with E-state index in [0.717, 1.165) is 25.2 Å². The number of likely N-dealkylation sites (tertiary alicyclic amines) is 1. The number of pyridine rings is 1. The first-order chi connectivity index (χ1) is 7.81. The van der Waals surface area contributed by atoms with E-state index in [2.05, 4.69) is 22.9 Å². The number of hydrogen-bond donors (Lipinski definition) is 1. The largest absolute Gasteiger partial charge is 0.395 e. The lowest BCUT2D eigenvalue weighted by molar-refractivity contribution is 0.140. The highest BCUT2D eigenvalue weighted by molar-refractivity contribution is 5.04. The van der Waals surface area contributed by atoms with Crippen molar-refractivity contribution >= 4 is 0 Å². The van der Waals surface area contributed by atoms with Gasteiger partial charge in [0.2, 0.25) is 0 Å². The van der Waals surface area contributed by atoms with Crippen molar-refractivity contribution in [2.45, 2.75) is 25.8 Å². The molecular formula is C13H20N2O. The molecule has 0 radical (unpaired) electrons. The molecule has 0 bridgehead atoms. The van der Waals surface area contributed by atoms with Crippen LogP contribution in [0.3, 0.4) is 0 Å². The average Bonchev–Trinajstić information content (AvgIpc) is 2.68. The molecule has 2 rings (SSSR count). The van der Waals surface area contributed by atoms with Gasteiger partial charge in [-0.05, 0) is 31.0 Å². The van der Waals surface area contributed by atoms with Crippen LogP contribution >= 0.6 is 0 Å². The second-order valence-corrected chi connectivity index (χ2v) is 4.62. The minimum Gasteiger partial charge on any atom is -0.395 e. The lowest BCUT2D eigenvalue weighted by Crippen LogP contribution is -2.36. The Morgan fingerprint density at radius 2 is 2.38 bits per heavy atom. The fraction of sp³-hybridized carbons (Fsp3) is 0.615. The zero-order valence-corrected chi connectivity index (χ0v) is 9.84. The number of aliphatic hydroxyl groups is 1. The Morgan fingerprint density at radius 1 is 1.50 bits per heavy atom. The first kappa shape index (κ1) is 11.6. The molecule has 3 heteroatoms. The standard InChI is InChI=1S/C13H20N2O/c1-11-5-8-15(13(11)10-16)9-6-12-4-2-3-7-14-12/h2-4,7,11,13,16H,5-6,8-10H2,1H3. The minimum atomic E-state index is 0.281. The summed E-state index contributed by atoms with van der Waals surface area (Å²) in [5, 5.41) is 9.35. The summed E-state index contributed by atoms with van der Waals surface area (Å²) in [5.74, 6) is 0.619. The van der Waals surface area contributed by atoms with Crippen LogP contribution in [-0.2, 0) is 6.42 Å². The van der Waals surface area contributed by atoms with Crippen molar-refractivity contribution in [2.75, 3.05) is 19.7 Å². The molecular weight excluding hydrogens is 200 g/mol. The first-order valence-electron chi connectivity index (χ1n) is 6.06. The molecule has 2 unspecified atom stereocenters. The van der Waals surface area contributed by atoms with Crippen molar-refractivity contribution < 1.29 is 5.11 Å². The van der Waals surface area contributed by atoms with Crippen LogP contribution in [0.1, 0.15) is 19.0 Å². The molecule has 0 amide bonds. The fourth-order valence-electron chi connectivity index (χ4n) is 2.46. The maximum absolute atomic E-state index is 9.35. The van der Waals surface area contributed by atoms with Gasteiger partial charge in [-0.25, -0.2) is 0 Å². The van der Waals surface area contributed by atoms with Gasteiger partial charge in [0.15, 0.2) is 0 Å². The lowest BCUT2D eigenvalue weighted by Gasteiger charge is -2.24. The first-order valence-corrected chi connectivity index (χ1v) is 6.06. The van der Waals surface area contributed by atoms with Crippen LogP contribution in [0.25, 0.3) is 0 Å². The van der Waals surface area contributed by atoms with Gasteiger partial charge in [-0.15, -0.1) is 0 Å². The Morgan fingerprint density at radius 3 is 3.06 bits per heavy atom. The highest BCUT2D eigenvalue weighted by Gasteiger charge is 2.29. The molecule has 0 aromatic carbocycles. The predicted molar refractivity (Wildman–Crippen MR) is 64.2 cm³/mol. The Bertz CT molecular complexity index is 315. The molecule has 16 heavy (non-hydrogen) atoms. The summed E-state index contributed by atoms with van der Waals surface area (Å²) in [6, 6.07) is 6.38. The number of nitrogens with zero attached hydrogens (tertiary/aromatic N) is 2. The predicted octanol–water partition coefficient (Wildman–Crippen LogP) is 1.33. The third kappa shape index (κ3) is 2.60. The van der Waals surface area contributed by atoms with E-state index in [4.69, 9.17) is 0 Å². The van der Waals surface area contributed by atoms with Crippen LogP contribution in [0.5, 0.6) is 0 Å². The smallest absolute Gasteiger partial charge is 0.0589 e. The average molecular weight is 220 g/mol. The molecule has 0 spiro atoms. The zero-order chi connectivity index (χ0) is 11.4. The monoisotopic (exact) mass is 220 g/mol. The molecule has 0 saturated carbocycles. The molecule has 1 aromatic heterocycles. The second kappa shape index (κ2) is 5.41. The Labute approximate surface area is 97.1 Å². The van der Waals surface area contributed by atoms with E-state index in [0.29, 0.717) is 12.0 Å². The quantitative estimate of drug-likeness (QED) is 0.831. The SMILES string of the molecule is CC1CCN(CCc2ccccn2)C1CO. The van der Waals surface area contributed by atoms with Crippen molar-refractivity contribution in [1.82, 2.24) is 9.88 Å². The molecule has 3 nitrogen and oxygen atoms in total. The normalized spacial score (nSPS) is 26.1. The van der Waals surface area contributed by atoms with E-state index in [1.165, 1.54) is 6.42 Å². The van der Waals surface area contributed by atoms with Crippen molar-refractivity contribution in [2.24, 2.45) is 5.92 Å². The molecule has 2 heterocycles. The van der Waals surface area contributed by atoms with Crippen LogP contribution in [0.4, 0.5) is 0 Å². The molecule has 1 aromatic rings. The van der Waals surface area contributed by atoms with Gasteiger partial charge >= 0.3 is 0 Å². The molecule has 1 aliphatic heterocycles. The second-order valence-electron chi connectivity index (χ2n) is 4.62. The number of aromatic nitrogens is 1. The molecule has 1 fully saturated rings. The van der Waals surface area contributed by atoms with E-state index in [9.17, 15) is 5.11 Å². The minimum absolute atomic E-state index is 0.281. The Kier molecular flexibility index (Phi) is 3.91. The molecule has 2 atom stereocenters. The van der Waals surface area contributed by atoms with Gasteiger partial charge in [0.05, 0.1) is 6.61 Å². The van der Waals surface area contributed by atoms with Gasteiger partial charge in [-0.1, -0.05) is 13.0 Å². The number of rotatable bonds is 4. The van der Waals surface area contributed by atoms with Gasteiger partial charge in [0.25, 0.3) is 0 Å². The molecule has 88 valence electrons. The third-order valence-corrected chi connectivity index (χ3v) is 3.57. The van der Waals surface area contributed by atoms with Gasteiger partial charge in [0.1, 0.15) is 0 Å². The van der Waals surface area contributed by atoms with Crippen molar-refractivity contribution in [3.63, 3.8) is 0 Å². The van der Waals surface area contributed by atoms with Crippen LogP contribution in [0.15, 0.2) is 24.4 Å². The van der Waals surface area contributed by atoms with E-state index < -0.39 is 0 Å². The summed E-state index contributed by atoms with van der Waals surface area (Å²) in [6.45, 7) is 4.62. The van der Waals surface area contributed by atoms with E-state index in [1.807, 2.05) is 18.3 Å². The van der Waals surface area contributed by atoms with Gasteiger partial charge in [0, 0.05) is 30.9 Å². The summed E-state index contributed by atoms with van der Waals surface area (Å²) >= 11 is 0. The summed E-state index contributed by atoms with van der Waals surface area (Å²) in [5.41, 5.74) is 1.14. The van der Waals surface area contributed by atoms with E-state index in [-0.39, 0.29) is 6.61 Å². The highest BCUT2D eigenvalue weighted by atomic mass is 16.3. The number of aliphatic hydroxyl groups excluding tert-OH is 1. The lowest BCUT2D eigenvalue weighted by atomic mass is 10.0. The molecule has 0 aliphatic carbocycles. The summed E-state index contributed by atoms with van der Waals surface area (Å²) in [7, 11) is 0. The van der Waals surface area contributed by atoms with Crippen LogP contribution < -0.4 is 0 Å². The van der Waals surface area contributed by atoms with Crippen LogP contribution in [0.2, 0.25) is 0 Å². The van der Waals surface area contributed by atoms with Gasteiger partial charge < -0.3 is 5.11 Å². The van der Waals surface area contributed by atoms with Crippen molar-refractivity contribution in [3.05, 3.63) is 30.1 Å². The topological polar surface area (TPSA) is 36.4 Å². The maximum atomic E-state index is 9.35. The van der Waals surface area contributed by atoms with Crippen molar-refractivity contribution in [3.8, 4) is 0 Å². The van der Waals surface area contributed by atoms with Gasteiger partial charge in [-0.2, -0.15) is 0 Å². The summed E-state index contributed by atoms with van der Waals surface area (Å²) < 4.78 is 0. The third-order valence-electron chi connectivity index (χ3n) is 3.57. The summed E-state index contributed by atoms with van der Waals surface area (Å²) in [4.78, 5) is 6.71. The molecule has 1 aliphatic rings. The zero-order valence-electron chi connectivity index (χ0n) is 9.84. The Hall–Kier alpha value is -0.930. The van der Waals surface area contributed by atoms with E-state index in [1.54, 1.807) is 0 Å². The van der Waals surface area contributed by atoms with Crippen LogP contribution in [-0.4, -0.2) is 40.7 Å². The maximum Gasteiger partial charge on any atom is 0.0589 e. The molecule has 1 saturated heterocycles. The van der Waals surface area contributed by atoms with Crippen molar-refractivity contribution in [1.29, 1.82) is 0 Å².